The minimum Gasteiger partial charge on any atom is -0.370 e. The molecule has 126 valence electrons. The summed E-state index contributed by atoms with van der Waals surface area (Å²) in [6, 6.07) is 10.2. The first-order valence-electron chi connectivity index (χ1n) is 8.39. The van der Waals surface area contributed by atoms with E-state index in [1.807, 2.05) is 25.1 Å². The van der Waals surface area contributed by atoms with Crippen LogP contribution in [0.1, 0.15) is 30.1 Å². The molecule has 0 saturated heterocycles. The largest absolute Gasteiger partial charge is 0.370 e. The summed E-state index contributed by atoms with van der Waals surface area (Å²) < 4.78 is 8.07. The number of rotatable bonds is 1. The van der Waals surface area contributed by atoms with Gasteiger partial charge in [0.05, 0.1) is 17.6 Å². The van der Waals surface area contributed by atoms with E-state index in [2.05, 4.69) is 40.6 Å². The SMILES string of the molecule is Cc1nnc2c3c4c(sc3nc(-c3ccccc3)n12)COC(C)(C)C4. The first-order valence-corrected chi connectivity index (χ1v) is 9.20. The molecule has 0 amide bonds. The molecule has 25 heavy (non-hydrogen) atoms. The van der Waals surface area contributed by atoms with Gasteiger partial charge in [0.2, 0.25) is 0 Å². The molecule has 1 aliphatic rings. The maximum Gasteiger partial charge on any atom is 0.173 e. The Morgan fingerprint density at radius 1 is 1.16 bits per heavy atom. The van der Waals surface area contributed by atoms with Crippen LogP contribution in [0, 0.1) is 6.92 Å². The van der Waals surface area contributed by atoms with Crippen LogP contribution in [0.2, 0.25) is 0 Å². The zero-order valence-electron chi connectivity index (χ0n) is 14.4. The third-order valence-corrected chi connectivity index (χ3v) is 5.87. The molecule has 5 nitrogen and oxygen atoms in total. The van der Waals surface area contributed by atoms with Crippen LogP contribution < -0.4 is 0 Å². The third kappa shape index (κ3) is 2.21. The Balaban J connectivity index is 1.88. The summed E-state index contributed by atoms with van der Waals surface area (Å²) in [6.45, 7) is 6.89. The van der Waals surface area contributed by atoms with Crippen molar-refractivity contribution in [2.24, 2.45) is 0 Å². The molecule has 0 spiro atoms. The monoisotopic (exact) mass is 350 g/mol. The first-order chi connectivity index (χ1) is 12.0. The van der Waals surface area contributed by atoms with Gasteiger partial charge in [0, 0.05) is 16.9 Å². The number of aryl methyl sites for hydroxylation is 1. The third-order valence-electron chi connectivity index (χ3n) is 4.77. The molecule has 0 aliphatic carbocycles. The molecule has 1 aromatic carbocycles. The number of aromatic nitrogens is 4. The van der Waals surface area contributed by atoms with E-state index in [1.54, 1.807) is 11.3 Å². The van der Waals surface area contributed by atoms with Crippen LogP contribution in [0.5, 0.6) is 0 Å². The van der Waals surface area contributed by atoms with Gasteiger partial charge in [-0.15, -0.1) is 21.5 Å². The summed E-state index contributed by atoms with van der Waals surface area (Å²) in [6.07, 6.45) is 0.871. The minimum atomic E-state index is -0.162. The van der Waals surface area contributed by atoms with Gasteiger partial charge in [-0.25, -0.2) is 4.98 Å². The first kappa shape index (κ1) is 15.0. The molecule has 0 bridgehead atoms. The van der Waals surface area contributed by atoms with E-state index in [4.69, 9.17) is 9.72 Å². The molecule has 1 aliphatic heterocycles. The van der Waals surface area contributed by atoms with Crippen LogP contribution in [0.15, 0.2) is 30.3 Å². The van der Waals surface area contributed by atoms with Crippen LogP contribution in [0.25, 0.3) is 27.3 Å². The van der Waals surface area contributed by atoms with Crippen LogP contribution >= 0.6 is 11.3 Å². The van der Waals surface area contributed by atoms with Crippen LogP contribution in [-0.4, -0.2) is 25.2 Å². The normalized spacial score (nSPS) is 16.4. The van der Waals surface area contributed by atoms with E-state index in [0.29, 0.717) is 6.61 Å². The fraction of sp³-hybridized carbons (Fsp3) is 0.316. The van der Waals surface area contributed by atoms with Crippen molar-refractivity contribution in [2.45, 2.75) is 39.4 Å². The van der Waals surface area contributed by atoms with Gasteiger partial charge in [-0.05, 0) is 26.3 Å². The van der Waals surface area contributed by atoms with Crippen molar-refractivity contribution in [1.29, 1.82) is 0 Å². The van der Waals surface area contributed by atoms with E-state index >= 15 is 0 Å². The average Bonchev–Trinajstić information content (AvgIpc) is 3.14. The standard InChI is InChI=1S/C19H18N4OS/c1-11-21-22-17-15-13-9-19(2,3)24-10-14(13)25-18(15)20-16(23(11)17)12-7-5-4-6-8-12/h4-8H,9-10H2,1-3H3. The second-order valence-corrected chi connectivity index (χ2v) is 8.20. The number of ether oxygens (including phenoxy) is 1. The van der Waals surface area contributed by atoms with Gasteiger partial charge >= 0.3 is 0 Å². The van der Waals surface area contributed by atoms with E-state index in [-0.39, 0.29) is 5.60 Å². The Morgan fingerprint density at radius 3 is 2.76 bits per heavy atom. The number of nitrogens with zero attached hydrogens (tertiary/aromatic N) is 4. The highest BCUT2D eigenvalue weighted by Crippen LogP contribution is 2.40. The van der Waals surface area contributed by atoms with Crippen LogP contribution in [0.3, 0.4) is 0 Å². The summed E-state index contributed by atoms with van der Waals surface area (Å²) >= 11 is 1.72. The van der Waals surface area contributed by atoms with E-state index < -0.39 is 0 Å². The maximum atomic E-state index is 5.99. The number of hydrogen-bond acceptors (Lipinski definition) is 5. The molecule has 5 rings (SSSR count). The van der Waals surface area contributed by atoms with E-state index in [9.17, 15) is 0 Å². The zero-order valence-corrected chi connectivity index (χ0v) is 15.2. The number of hydrogen-bond donors (Lipinski definition) is 0. The second kappa shape index (κ2) is 5.09. The summed E-state index contributed by atoms with van der Waals surface area (Å²) in [5, 5.41) is 9.98. The second-order valence-electron chi connectivity index (χ2n) is 7.12. The smallest absolute Gasteiger partial charge is 0.173 e. The number of thiophene rings is 1. The Morgan fingerprint density at radius 2 is 1.96 bits per heavy atom. The highest BCUT2D eigenvalue weighted by Gasteiger charge is 2.31. The van der Waals surface area contributed by atoms with Gasteiger partial charge in [0.15, 0.2) is 5.65 Å². The summed E-state index contributed by atoms with van der Waals surface area (Å²) in [5.41, 5.74) is 3.13. The number of benzene rings is 1. The lowest BCUT2D eigenvalue weighted by Gasteiger charge is -2.30. The summed E-state index contributed by atoms with van der Waals surface area (Å²) in [5.74, 6) is 1.75. The fourth-order valence-electron chi connectivity index (χ4n) is 3.55. The van der Waals surface area contributed by atoms with Crippen molar-refractivity contribution in [3.8, 4) is 11.4 Å². The highest BCUT2D eigenvalue weighted by molar-refractivity contribution is 7.19. The highest BCUT2D eigenvalue weighted by atomic mass is 32.1. The van der Waals surface area contributed by atoms with Crippen molar-refractivity contribution < 1.29 is 4.74 Å². The minimum absolute atomic E-state index is 0.162. The van der Waals surface area contributed by atoms with Crippen molar-refractivity contribution in [3.63, 3.8) is 0 Å². The molecular weight excluding hydrogens is 332 g/mol. The van der Waals surface area contributed by atoms with Gasteiger partial charge in [-0.2, -0.15) is 0 Å². The molecule has 0 atom stereocenters. The van der Waals surface area contributed by atoms with E-state index in [1.165, 1.54) is 10.4 Å². The average molecular weight is 350 g/mol. The lowest BCUT2D eigenvalue weighted by molar-refractivity contribution is -0.0379. The molecule has 3 aromatic heterocycles. The Bertz CT molecular complexity index is 1110. The summed E-state index contributed by atoms with van der Waals surface area (Å²) in [7, 11) is 0. The lowest BCUT2D eigenvalue weighted by Crippen LogP contribution is -2.31. The zero-order chi connectivity index (χ0) is 17.2. The molecule has 0 fully saturated rings. The van der Waals surface area contributed by atoms with E-state index in [0.717, 1.165) is 39.5 Å². The fourth-order valence-corrected chi connectivity index (χ4v) is 4.65. The topological polar surface area (TPSA) is 52.3 Å². The molecular formula is C19H18N4OS. The molecule has 6 heteroatoms. The molecule has 0 N–H and O–H groups in total. The van der Waals surface area contributed by atoms with Crippen molar-refractivity contribution in [1.82, 2.24) is 19.6 Å². The number of fused-ring (bicyclic) bond motifs is 5. The van der Waals surface area contributed by atoms with Gasteiger partial charge in [-0.1, -0.05) is 30.3 Å². The Kier molecular flexibility index (Phi) is 3.05. The van der Waals surface area contributed by atoms with Crippen molar-refractivity contribution in [3.05, 3.63) is 46.6 Å². The predicted molar refractivity (Wildman–Crippen MR) is 98.9 cm³/mol. The Labute approximate surface area is 149 Å². The van der Waals surface area contributed by atoms with Gasteiger partial charge in [-0.3, -0.25) is 4.40 Å². The molecule has 4 aromatic rings. The van der Waals surface area contributed by atoms with Gasteiger partial charge in [0.1, 0.15) is 16.5 Å². The van der Waals surface area contributed by atoms with Crippen LogP contribution in [-0.2, 0) is 17.8 Å². The van der Waals surface area contributed by atoms with Gasteiger partial charge in [0.25, 0.3) is 0 Å². The van der Waals surface area contributed by atoms with Crippen molar-refractivity contribution in [2.75, 3.05) is 0 Å². The van der Waals surface area contributed by atoms with Gasteiger partial charge < -0.3 is 4.74 Å². The van der Waals surface area contributed by atoms with Crippen molar-refractivity contribution >= 4 is 27.2 Å². The van der Waals surface area contributed by atoms with Crippen LogP contribution in [0.4, 0.5) is 0 Å². The summed E-state index contributed by atoms with van der Waals surface area (Å²) in [4.78, 5) is 7.28. The lowest BCUT2D eigenvalue weighted by atomic mass is 9.94. The molecule has 0 unspecified atom stereocenters. The molecule has 4 heterocycles. The maximum absolute atomic E-state index is 5.99. The quantitative estimate of drug-likeness (QED) is 0.517. The predicted octanol–water partition coefficient (Wildman–Crippen LogP) is 4.17. The molecule has 0 saturated carbocycles. The Hall–Kier alpha value is -2.31. The molecule has 0 radical (unpaired) electrons.